The Morgan fingerprint density at radius 3 is 2.86 bits per heavy atom. The number of aromatic nitrogens is 2. The minimum Gasteiger partial charge on any atom is -0.381 e. The van der Waals surface area contributed by atoms with Crippen LogP contribution in [0.1, 0.15) is 50.3 Å². The van der Waals surface area contributed by atoms with Gasteiger partial charge in [0.1, 0.15) is 0 Å². The van der Waals surface area contributed by atoms with E-state index in [2.05, 4.69) is 20.7 Å². The molecule has 0 aromatic carbocycles. The Kier molecular flexibility index (Phi) is 3.99. The molecule has 2 fully saturated rings. The van der Waals surface area contributed by atoms with E-state index in [-0.39, 0.29) is 0 Å². The van der Waals surface area contributed by atoms with Crippen molar-refractivity contribution in [2.45, 2.75) is 51.1 Å². The molecule has 4 rings (SSSR count). The molecule has 4 nitrogen and oxygen atoms in total. The Morgan fingerprint density at radius 2 is 2.10 bits per heavy atom. The monoisotopic (exact) mass is 289 g/mol. The fraction of sp³-hybridized carbons (Fsp3) is 0.824. The number of hydrogen-bond donors (Lipinski definition) is 0. The minimum atomic E-state index is 0.503. The molecule has 1 aromatic rings. The van der Waals surface area contributed by atoms with Crippen molar-refractivity contribution in [3.8, 4) is 0 Å². The van der Waals surface area contributed by atoms with Gasteiger partial charge in [0.15, 0.2) is 0 Å². The van der Waals surface area contributed by atoms with Gasteiger partial charge in [0, 0.05) is 39.0 Å². The van der Waals surface area contributed by atoms with E-state index >= 15 is 0 Å². The van der Waals surface area contributed by atoms with Gasteiger partial charge in [0.05, 0.1) is 11.7 Å². The lowest BCUT2D eigenvalue weighted by Gasteiger charge is -2.38. The summed E-state index contributed by atoms with van der Waals surface area (Å²) in [6.07, 6.45) is 10.1. The molecule has 1 aromatic heterocycles. The standard InChI is InChI=1S/C17H27N3O/c1-2-14(3-1)10-19-11-16-6-8-18-20(16)17(12-19)7-9-21-13-15-4-5-15/h6,8,14-15,17H,1-5,7,9-13H2/t17-/m1/s1. The van der Waals surface area contributed by atoms with Crippen LogP contribution >= 0.6 is 0 Å². The number of fused-ring (bicyclic) bond motifs is 1. The van der Waals surface area contributed by atoms with Crippen molar-refractivity contribution in [1.29, 1.82) is 0 Å². The van der Waals surface area contributed by atoms with Crippen molar-refractivity contribution in [1.82, 2.24) is 14.7 Å². The predicted molar refractivity (Wildman–Crippen MR) is 82.0 cm³/mol. The average molecular weight is 289 g/mol. The van der Waals surface area contributed by atoms with Gasteiger partial charge in [0.25, 0.3) is 0 Å². The van der Waals surface area contributed by atoms with Crippen molar-refractivity contribution < 1.29 is 4.74 Å². The highest BCUT2D eigenvalue weighted by Crippen LogP contribution is 2.31. The van der Waals surface area contributed by atoms with E-state index in [0.29, 0.717) is 6.04 Å². The molecule has 1 atom stereocenters. The maximum atomic E-state index is 5.84. The normalized spacial score (nSPS) is 26.6. The van der Waals surface area contributed by atoms with Crippen LogP contribution in [0.3, 0.4) is 0 Å². The second kappa shape index (κ2) is 6.09. The fourth-order valence-electron chi connectivity index (χ4n) is 3.61. The Labute approximate surface area is 127 Å². The third-order valence-electron chi connectivity index (χ3n) is 5.34. The first kappa shape index (κ1) is 13.8. The number of rotatable bonds is 7. The topological polar surface area (TPSA) is 30.3 Å². The van der Waals surface area contributed by atoms with Crippen molar-refractivity contribution in [2.24, 2.45) is 11.8 Å². The van der Waals surface area contributed by atoms with Crippen molar-refractivity contribution in [2.75, 3.05) is 26.3 Å². The van der Waals surface area contributed by atoms with Gasteiger partial charge in [-0.1, -0.05) is 6.42 Å². The van der Waals surface area contributed by atoms with Crippen LogP contribution in [0.15, 0.2) is 12.3 Å². The molecule has 0 N–H and O–H groups in total. The lowest BCUT2D eigenvalue weighted by atomic mass is 9.85. The van der Waals surface area contributed by atoms with Crippen molar-refractivity contribution in [3.63, 3.8) is 0 Å². The van der Waals surface area contributed by atoms with E-state index in [1.165, 1.54) is 44.3 Å². The van der Waals surface area contributed by atoms with Gasteiger partial charge in [0.2, 0.25) is 0 Å². The van der Waals surface area contributed by atoms with E-state index in [1.807, 2.05) is 6.20 Å². The molecule has 0 radical (unpaired) electrons. The van der Waals surface area contributed by atoms with Gasteiger partial charge in [-0.25, -0.2) is 0 Å². The summed E-state index contributed by atoms with van der Waals surface area (Å²) in [5.74, 6) is 1.82. The summed E-state index contributed by atoms with van der Waals surface area (Å²) in [7, 11) is 0. The van der Waals surface area contributed by atoms with Crippen LogP contribution in [0.25, 0.3) is 0 Å². The zero-order valence-corrected chi connectivity index (χ0v) is 12.9. The molecular weight excluding hydrogens is 262 g/mol. The molecule has 4 heteroatoms. The summed E-state index contributed by atoms with van der Waals surface area (Å²) in [4.78, 5) is 2.65. The van der Waals surface area contributed by atoms with Crippen LogP contribution < -0.4 is 0 Å². The molecular formula is C17H27N3O. The maximum Gasteiger partial charge on any atom is 0.0671 e. The smallest absolute Gasteiger partial charge is 0.0671 e. The molecule has 0 spiro atoms. The van der Waals surface area contributed by atoms with Crippen molar-refractivity contribution >= 4 is 0 Å². The average Bonchev–Trinajstić information content (AvgIpc) is 3.14. The molecule has 2 saturated carbocycles. The lowest BCUT2D eigenvalue weighted by molar-refractivity contribution is 0.0814. The number of nitrogens with zero attached hydrogens (tertiary/aromatic N) is 3. The van der Waals surface area contributed by atoms with E-state index < -0.39 is 0 Å². The second-order valence-electron chi connectivity index (χ2n) is 7.22. The van der Waals surface area contributed by atoms with Crippen LogP contribution in [-0.2, 0) is 11.3 Å². The Bertz CT molecular complexity index is 464. The highest BCUT2D eigenvalue weighted by Gasteiger charge is 2.29. The molecule has 2 heterocycles. The van der Waals surface area contributed by atoms with Gasteiger partial charge in [-0.05, 0) is 50.0 Å². The SMILES string of the molecule is c1cc2n(n1)[C@H](CCOCC1CC1)CN(CC1CCC1)C2. The first-order valence-electron chi connectivity index (χ1n) is 8.71. The lowest BCUT2D eigenvalue weighted by Crippen LogP contribution is -2.41. The summed E-state index contributed by atoms with van der Waals surface area (Å²) in [6, 6.07) is 2.69. The molecule has 1 aliphatic heterocycles. The third kappa shape index (κ3) is 3.32. The summed E-state index contributed by atoms with van der Waals surface area (Å²) in [6.45, 7) is 5.38. The Balaban J connectivity index is 1.32. The first-order chi connectivity index (χ1) is 10.4. The zero-order chi connectivity index (χ0) is 14.1. The summed E-state index contributed by atoms with van der Waals surface area (Å²) >= 11 is 0. The highest BCUT2D eigenvalue weighted by molar-refractivity contribution is 5.05. The van der Waals surface area contributed by atoms with Crippen LogP contribution in [0.4, 0.5) is 0 Å². The van der Waals surface area contributed by atoms with E-state index in [4.69, 9.17) is 4.74 Å². The number of ether oxygens (including phenoxy) is 1. The van der Waals surface area contributed by atoms with Gasteiger partial charge in [-0.2, -0.15) is 5.10 Å². The minimum absolute atomic E-state index is 0.503. The molecule has 3 aliphatic rings. The highest BCUT2D eigenvalue weighted by atomic mass is 16.5. The summed E-state index contributed by atoms with van der Waals surface area (Å²) in [5, 5.41) is 4.55. The van der Waals surface area contributed by atoms with E-state index in [9.17, 15) is 0 Å². The predicted octanol–water partition coefficient (Wildman–Crippen LogP) is 2.86. The first-order valence-corrected chi connectivity index (χ1v) is 8.71. The molecule has 116 valence electrons. The van der Waals surface area contributed by atoms with Gasteiger partial charge in [-0.3, -0.25) is 9.58 Å². The maximum absolute atomic E-state index is 5.84. The van der Waals surface area contributed by atoms with Gasteiger partial charge < -0.3 is 4.74 Å². The Hall–Kier alpha value is -0.870. The largest absolute Gasteiger partial charge is 0.381 e. The van der Waals surface area contributed by atoms with Crippen LogP contribution in [0, 0.1) is 11.8 Å². The Morgan fingerprint density at radius 1 is 1.19 bits per heavy atom. The van der Waals surface area contributed by atoms with Crippen molar-refractivity contribution in [3.05, 3.63) is 18.0 Å². The summed E-state index contributed by atoms with van der Waals surface area (Å²) in [5.41, 5.74) is 1.38. The van der Waals surface area contributed by atoms with Gasteiger partial charge >= 0.3 is 0 Å². The number of hydrogen-bond acceptors (Lipinski definition) is 3. The quantitative estimate of drug-likeness (QED) is 0.723. The third-order valence-corrected chi connectivity index (χ3v) is 5.34. The van der Waals surface area contributed by atoms with E-state index in [1.54, 1.807) is 0 Å². The molecule has 21 heavy (non-hydrogen) atoms. The molecule has 0 saturated heterocycles. The summed E-state index contributed by atoms with van der Waals surface area (Å²) < 4.78 is 8.09. The van der Waals surface area contributed by atoms with Crippen LogP contribution in [0.2, 0.25) is 0 Å². The molecule has 0 unspecified atom stereocenters. The molecule has 2 aliphatic carbocycles. The van der Waals surface area contributed by atoms with Gasteiger partial charge in [-0.15, -0.1) is 0 Å². The molecule has 0 amide bonds. The molecule has 0 bridgehead atoms. The van der Waals surface area contributed by atoms with E-state index in [0.717, 1.165) is 44.6 Å². The second-order valence-corrected chi connectivity index (χ2v) is 7.22. The van der Waals surface area contributed by atoms with Crippen LogP contribution in [0.5, 0.6) is 0 Å². The van der Waals surface area contributed by atoms with Crippen LogP contribution in [-0.4, -0.2) is 41.0 Å². The zero-order valence-electron chi connectivity index (χ0n) is 12.9. The fourth-order valence-corrected chi connectivity index (χ4v) is 3.61.